The predicted molar refractivity (Wildman–Crippen MR) is 81.3 cm³/mol. The van der Waals surface area contributed by atoms with Crippen LogP contribution in [0.1, 0.15) is 11.3 Å². The average Bonchev–Trinajstić information content (AvgIpc) is 2.69. The van der Waals surface area contributed by atoms with Gasteiger partial charge in [-0.2, -0.15) is 0 Å². The lowest BCUT2D eigenvalue weighted by molar-refractivity contribution is 0.584. The average molecular weight is 286 g/mol. The zero-order chi connectivity index (χ0) is 15.0. The molecule has 21 heavy (non-hydrogen) atoms. The van der Waals surface area contributed by atoms with Crippen LogP contribution in [0.4, 0.5) is 14.5 Å². The first-order chi connectivity index (χ1) is 10.1. The number of rotatable bonds is 3. The molecule has 4 heteroatoms. The number of aryl methyl sites for hydroxylation is 2. The van der Waals surface area contributed by atoms with Crippen molar-refractivity contribution in [2.75, 3.05) is 5.32 Å². The molecule has 0 aliphatic heterocycles. The number of fused-ring (bicyclic) bond motifs is 1. The molecule has 2 aromatic carbocycles. The smallest absolute Gasteiger partial charge is 0.128 e. The molecule has 0 saturated heterocycles. The number of aromatic nitrogens is 1. The lowest BCUT2D eigenvalue weighted by Gasteiger charge is -2.09. The normalized spacial score (nSPS) is 11.0. The molecule has 0 aliphatic carbocycles. The first-order valence-corrected chi connectivity index (χ1v) is 6.79. The van der Waals surface area contributed by atoms with E-state index in [2.05, 4.69) is 28.9 Å². The molecule has 0 bridgehead atoms. The maximum Gasteiger partial charge on any atom is 0.128 e. The zero-order valence-electron chi connectivity index (χ0n) is 12.0. The largest absolute Gasteiger partial charge is 0.379 e. The Morgan fingerprint density at radius 2 is 1.71 bits per heavy atom. The van der Waals surface area contributed by atoms with Gasteiger partial charge in [-0.15, -0.1) is 0 Å². The molecule has 2 nitrogen and oxygen atoms in total. The molecule has 0 atom stereocenters. The standard InChI is InChI=1S/C17H16F2N2/c1-11-15-5-3-4-6-16(15)21(2)17(11)10-20-14-8-12(18)7-13(19)9-14/h3-9,20H,10H2,1-2H3. The van der Waals surface area contributed by atoms with Gasteiger partial charge in [-0.1, -0.05) is 18.2 Å². The maximum absolute atomic E-state index is 13.2. The Bertz CT molecular complexity index is 747. The van der Waals surface area contributed by atoms with Gasteiger partial charge in [-0.3, -0.25) is 0 Å². The van der Waals surface area contributed by atoms with Crippen molar-refractivity contribution >= 4 is 16.6 Å². The van der Waals surface area contributed by atoms with Gasteiger partial charge in [-0.05, 0) is 30.7 Å². The number of anilines is 1. The Morgan fingerprint density at radius 1 is 1.05 bits per heavy atom. The van der Waals surface area contributed by atoms with E-state index in [1.165, 1.54) is 23.1 Å². The summed E-state index contributed by atoms with van der Waals surface area (Å²) in [5.74, 6) is -1.16. The van der Waals surface area contributed by atoms with Crippen LogP contribution in [0.5, 0.6) is 0 Å². The predicted octanol–water partition coefficient (Wildman–Crippen LogP) is 4.38. The van der Waals surface area contributed by atoms with Gasteiger partial charge in [-0.25, -0.2) is 8.78 Å². The Labute approximate surface area is 122 Å². The quantitative estimate of drug-likeness (QED) is 0.756. The minimum atomic E-state index is -0.578. The molecule has 3 rings (SSSR count). The van der Waals surface area contributed by atoms with Gasteiger partial charge >= 0.3 is 0 Å². The Hall–Kier alpha value is -2.36. The fourth-order valence-electron chi connectivity index (χ4n) is 2.73. The van der Waals surface area contributed by atoms with Crippen LogP contribution < -0.4 is 5.32 Å². The van der Waals surface area contributed by atoms with Crippen LogP contribution in [-0.2, 0) is 13.6 Å². The van der Waals surface area contributed by atoms with Gasteiger partial charge in [0.15, 0.2) is 0 Å². The summed E-state index contributed by atoms with van der Waals surface area (Å²) in [6.45, 7) is 2.57. The lowest BCUT2D eigenvalue weighted by atomic mass is 10.1. The van der Waals surface area contributed by atoms with Crippen molar-refractivity contribution in [3.8, 4) is 0 Å². The third-order valence-electron chi connectivity index (χ3n) is 3.83. The molecule has 0 fully saturated rings. The van der Waals surface area contributed by atoms with Crippen molar-refractivity contribution in [3.63, 3.8) is 0 Å². The van der Waals surface area contributed by atoms with E-state index >= 15 is 0 Å². The molecule has 1 N–H and O–H groups in total. The fraction of sp³-hybridized carbons (Fsp3) is 0.176. The molecule has 0 saturated carbocycles. The highest BCUT2D eigenvalue weighted by atomic mass is 19.1. The third kappa shape index (κ3) is 2.49. The van der Waals surface area contributed by atoms with Crippen molar-refractivity contribution in [1.82, 2.24) is 4.57 Å². The van der Waals surface area contributed by atoms with Crippen molar-refractivity contribution in [2.24, 2.45) is 7.05 Å². The summed E-state index contributed by atoms with van der Waals surface area (Å²) in [5, 5.41) is 4.28. The van der Waals surface area contributed by atoms with Crippen LogP contribution in [0.15, 0.2) is 42.5 Å². The van der Waals surface area contributed by atoms with Gasteiger partial charge in [0.25, 0.3) is 0 Å². The van der Waals surface area contributed by atoms with E-state index in [1.807, 2.05) is 19.2 Å². The molecule has 0 radical (unpaired) electrons. The van der Waals surface area contributed by atoms with E-state index in [1.54, 1.807) is 0 Å². The second kappa shape index (κ2) is 5.20. The molecule has 3 aromatic rings. The fourth-order valence-corrected chi connectivity index (χ4v) is 2.73. The van der Waals surface area contributed by atoms with E-state index in [0.717, 1.165) is 17.3 Å². The van der Waals surface area contributed by atoms with Crippen LogP contribution in [-0.4, -0.2) is 4.57 Å². The van der Waals surface area contributed by atoms with Crippen LogP contribution in [0.3, 0.4) is 0 Å². The number of hydrogen-bond acceptors (Lipinski definition) is 1. The summed E-state index contributed by atoms with van der Waals surface area (Å²) in [6.07, 6.45) is 0. The summed E-state index contributed by atoms with van der Waals surface area (Å²) >= 11 is 0. The highest BCUT2D eigenvalue weighted by Gasteiger charge is 2.11. The summed E-state index contributed by atoms with van der Waals surface area (Å²) in [7, 11) is 2.00. The second-order valence-corrected chi connectivity index (χ2v) is 5.16. The molecule has 0 amide bonds. The lowest BCUT2D eigenvalue weighted by Crippen LogP contribution is -2.06. The second-order valence-electron chi connectivity index (χ2n) is 5.16. The van der Waals surface area contributed by atoms with E-state index in [9.17, 15) is 8.78 Å². The van der Waals surface area contributed by atoms with Gasteiger partial charge < -0.3 is 9.88 Å². The summed E-state index contributed by atoms with van der Waals surface area (Å²) < 4.78 is 28.5. The maximum atomic E-state index is 13.2. The molecular formula is C17H16F2N2. The Balaban J connectivity index is 1.92. The van der Waals surface area contributed by atoms with E-state index in [4.69, 9.17) is 0 Å². The monoisotopic (exact) mass is 286 g/mol. The van der Waals surface area contributed by atoms with Crippen LogP contribution in [0.25, 0.3) is 10.9 Å². The highest BCUT2D eigenvalue weighted by Crippen LogP contribution is 2.25. The van der Waals surface area contributed by atoms with Crippen molar-refractivity contribution in [2.45, 2.75) is 13.5 Å². The van der Waals surface area contributed by atoms with Crippen LogP contribution in [0, 0.1) is 18.6 Å². The number of benzene rings is 2. The Kier molecular flexibility index (Phi) is 3.37. The molecule has 0 spiro atoms. The number of halogens is 2. The topological polar surface area (TPSA) is 17.0 Å². The molecule has 108 valence electrons. The Morgan fingerprint density at radius 3 is 2.38 bits per heavy atom. The first-order valence-electron chi connectivity index (χ1n) is 6.79. The van der Waals surface area contributed by atoms with E-state index in [-0.39, 0.29) is 0 Å². The first kappa shape index (κ1) is 13.6. The number of nitrogens with one attached hydrogen (secondary N) is 1. The van der Waals surface area contributed by atoms with Crippen molar-refractivity contribution in [1.29, 1.82) is 0 Å². The zero-order valence-corrected chi connectivity index (χ0v) is 12.0. The van der Waals surface area contributed by atoms with Crippen molar-refractivity contribution < 1.29 is 8.78 Å². The van der Waals surface area contributed by atoms with Crippen LogP contribution >= 0.6 is 0 Å². The van der Waals surface area contributed by atoms with E-state index < -0.39 is 11.6 Å². The van der Waals surface area contributed by atoms with Crippen LogP contribution in [0.2, 0.25) is 0 Å². The number of nitrogens with zero attached hydrogens (tertiary/aromatic N) is 1. The SMILES string of the molecule is Cc1c(CNc2cc(F)cc(F)c2)n(C)c2ccccc12. The summed E-state index contributed by atoms with van der Waals surface area (Å²) in [6, 6.07) is 11.6. The molecule has 0 aliphatic rings. The molecular weight excluding hydrogens is 270 g/mol. The molecule has 0 unspecified atom stereocenters. The minimum Gasteiger partial charge on any atom is -0.379 e. The third-order valence-corrected chi connectivity index (χ3v) is 3.83. The van der Waals surface area contributed by atoms with Gasteiger partial charge in [0.2, 0.25) is 0 Å². The number of hydrogen-bond donors (Lipinski definition) is 1. The molecule has 1 aromatic heterocycles. The summed E-state index contributed by atoms with van der Waals surface area (Å²) in [5.41, 5.74) is 3.87. The minimum absolute atomic E-state index is 0.442. The van der Waals surface area contributed by atoms with Gasteiger partial charge in [0.1, 0.15) is 11.6 Å². The summed E-state index contributed by atoms with van der Waals surface area (Å²) in [4.78, 5) is 0. The van der Waals surface area contributed by atoms with Crippen molar-refractivity contribution in [3.05, 3.63) is 65.4 Å². The van der Waals surface area contributed by atoms with E-state index in [0.29, 0.717) is 12.2 Å². The van der Waals surface area contributed by atoms with Gasteiger partial charge in [0.05, 0.1) is 6.54 Å². The van der Waals surface area contributed by atoms with Gasteiger partial charge in [0, 0.05) is 35.4 Å². The highest BCUT2D eigenvalue weighted by molar-refractivity contribution is 5.85. The number of para-hydroxylation sites is 1. The molecule has 1 heterocycles.